The number of esters is 1. The minimum atomic E-state index is -0.204. The zero-order valence-corrected chi connectivity index (χ0v) is 10.3. The third-order valence-electron chi connectivity index (χ3n) is 3.48. The minimum Gasteiger partial charge on any atom is -0.458 e. The fraction of sp³-hybridized carbons (Fsp3) is 0.769. The molecule has 1 saturated heterocycles. The first-order chi connectivity index (χ1) is 7.49. The van der Waals surface area contributed by atoms with Crippen LogP contribution >= 0.6 is 0 Å². The molecule has 3 nitrogen and oxygen atoms in total. The van der Waals surface area contributed by atoms with Crippen LogP contribution in [0.3, 0.4) is 0 Å². The number of carbonyl (C=O) groups is 1. The second kappa shape index (κ2) is 4.21. The standard InChI is InChI=1S/C13H20O3/c1-9(14)16-12-7-10-5-4-6-15-11(10)8-13(12,2)3/h7,11-12H,4-6,8H2,1-3H3/t11-,12+/m0/s1. The molecule has 90 valence electrons. The van der Waals surface area contributed by atoms with Gasteiger partial charge in [0.1, 0.15) is 6.10 Å². The molecule has 2 atom stereocenters. The zero-order valence-electron chi connectivity index (χ0n) is 10.3. The number of fused-ring (bicyclic) bond motifs is 1. The summed E-state index contributed by atoms with van der Waals surface area (Å²) >= 11 is 0. The molecule has 0 radical (unpaired) electrons. The molecule has 1 aliphatic carbocycles. The van der Waals surface area contributed by atoms with Gasteiger partial charge >= 0.3 is 5.97 Å². The highest BCUT2D eigenvalue weighted by molar-refractivity contribution is 5.66. The molecule has 0 N–H and O–H groups in total. The summed E-state index contributed by atoms with van der Waals surface area (Å²) in [6.45, 7) is 6.59. The third-order valence-corrected chi connectivity index (χ3v) is 3.48. The Bertz CT molecular complexity index is 317. The predicted molar refractivity (Wildman–Crippen MR) is 61.0 cm³/mol. The van der Waals surface area contributed by atoms with E-state index in [1.165, 1.54) is 12.5 Å². The van der Waals surface area contributed by atoms with Crippen molar-refractivity contribution in [3.8, 4) is 0 Å². The van der Waals surface area contributed by atoms with Crippen molar-refractivity contribution >= 4 is 5.97 Å². The first kappa shape index (κ1) is 11.6. The molecule has 1 aliphatic heterocycles. The van der Waals surface area contributed by atoms with E-state index in [0.29, 0.717) is 0 Å². The summed E-state index contributed by atoms with van der Waals surface area (Å²) in [7, 11) is 0. The lowest BCUT2D eigenvalue weighted by Gasteiger charge is -2.42. The van der Waals surface area contributed by atoms with Gasteiger partial charge in [0.25, 0.3) is 0 Å². The van der Waals surface area contributed by atoms with Gasteiger partial charge in [-0.15, -0.1) is 0 Å². The Morgan fingerprint density at radius 2 is 2.31 bits per heavy atom. The molecule has 3 heteroatoms. The molecule has 0 amide bonds. The molecule has 1 heterocycles. The van der Waals surface area contributed by atoms with Crippen molar-refractivity contribution in [3.05, 3.63) is 11.6 Å². The van der Waals surface area contributed by atoms with Gasteiger partial charge in [0.05, 0.1) is 6.10 Å². The first-order valence-corrected chi connectivity index (χ1v) is 5.98. The monoisotopic (exact) mass is 224 g/mol. The molecule has 0 aromatic rings. The summed E-state index contributed by atoms with van der Waals surface area (Å²) in [4.78, 5) is 11.1. The Morgan fingerprint density at radius 1 is 1.56 bits per heavy atom. The van der Waals surface area contributed by atoms with Crippen LogP contribution in [0.5, 0.6) is 0 Å². The maximum atomic E-state index is 11.1. The van der Waals surface area contributed by atoms with Crippen molar-refractivity contribution in [1.29, 1.82) is 0 Å². The van der Waals surface area contributed by atoms with Gasteiger partial charge in [-0.05, 0) is 30.9 Å². The minimum absolute atomic E-state index is 0.0306. The summed E-state index contributed by atoms with van der Waals surface area (Å²) in [6.07, 6.45) is 5.35. The summed E-state index contributed by atoms with van der Waals surface area (Å²) in [5.41, 5.74) is 1.29. The van der Waals surface area contributed by atoms with E-state index < -0.39 is 0 Å². The summed E-state index contributed by atoms with van der Waals surface area (Å²) in [5.74, 6) is -0.204. The van der Waals surface area contributed by atoms with Gasteiger partial charge in [-0.1, -0.05) is 13.8 Å². The van der Waals surface area contributed by atoms with Gasteiger partial charge in [0.15, 0.2) is 0 Å². The second-order valence-corrected chi connectivity index (χ2v) is 5.43. The molecular weight excluding hydrogens is 204 g/mol. The number of carbonyl (C=O) groups excluding carboxylic acids is 1. The van der Waals surface area contributed by atoms with E-state index >= 15 is 0 Å². The van der Waals surface area contributed by atoms with Crippen molar-refractivity contribution in [2.75, 3.05) is 6.61 Å². The van der Waals surface area contributed by atoms with Gasteiger partial charge in [0, 0.05) is 18.9 Å². The van der Waals surface area contributed by atoms with Crippen molar-refractivity contribution in [2.45, 2.75) is 52.2 Å². The van der Waals surface area contributed by atoms with Crippen LogP contribution < -0.4 is 0 Å². The second-order valence-electron chi connectivity index (χ2n) is 5.43. The summed E-state index contributed by atoms with van der Waals surface area (Å²) in [5, 5.41) is 0. The van der Waals surface area contributed by atoms with E-state index in [2.05, 4.69) is 19.9 Å². The first-order valence-electron chi connectivity index (χ1n) is 5.98. The third kappa shape index (κ3) is 2.29. The lowest BCUT2D eigenvalue weighted by Crippen LogP contribution is -2.42. The van der Waals surface area contributed by atoms with Crippen molar-refractivity contribution in [3.63, 3.8) is 0 Å². The van der Waals surface area contributed by atoms with Gasteiger partial charge in [0.2, 0.25) is 0 Å². The Balaban J connectivity index is 2.19. The van der Waals surface area contributed by atoms with E-state index in [0.717, 1.165) is 25.9 Å². The predicted octanol–water partition coefficient (Wildman–Crippen LogP) is 2.45. The number of hydrogen-bond donors (Lipinski definition) is 0. The molecule has 2 rings (SSSR count). The van der Waals surface area contributed by atoms with Gasteiger partial charge in [-0.2, -0.15) is 0 Å². The lowest BCUT2D eigenvalue weighted by molar-refractivity contribution is -0.151. The quantitative estimate of drug-likeness (QED) is 0.507. The average molecular weight is 224 g/mol. The van der Waals surface area contributed by atoms with Gasteiger partial charge < -0.3 is 9.47 Å². The van der Waals surface area contributed by atoms with Crippen LogP contribution in [-0.4, -0.2) is 24.8 Å². The number of rotatable bonds is 1. The van der Waals surface area contributed by atoms with Crippen LogP contribution in [0.25, 0.3) is 0 Å². The zero-order chi connectivity index (χ0) is 11.8. The molecule has 16 heavy (non-hydrogen) atoms. The van der Waals surface area contributed by atoms with Gasteiger partial charge in [-0.3, -0.25) is 4.79 Å². The summed E-state index contributed by atoms with van der Waals surface area (Å²) in [6, 6.07) is 0. The van der Waals surface area contributed by atoms with Crippen molar-refractivity contribution in [1.82, 2.24) is 0 Å². The van der Waals surface area contributed by atoms with Crippen LogP contribution in [0.2, 0.25) is 0 Å². The fourth-order valence-electron chi connectivity index (χ4n) is 2.54. The Morgan fingerprint density at radius 3 is 3.00 bits per heavy atom. The molecule has 2 aliphatic rings. The Kier molecular flexibility index (Phi) is 3.06. The average Bonchev–Trinajstić information content (AvgIpc) is 2.17. The van der Waals surface area contributed by atoms with E-state index in [9.17, 15) is 4.79 Å². The molecular formula is C13H20O3. The maximum Gasteiger partial charge on any atom is 0.303 e. The Labute approximate surface area is 96.8 Å². The highest BCUT2D eigenvalue weighted by Crippen LogP contribution is 2.40. The SMILES string of the molecule is CC(=O)O[C@@H]1C=C2CCCO[C@H]2CC1(C)C. The molecule has 1 fully saturated rings. The topological polar surface area (TPSA) is 35.5 Å². The van der Waals surface area contributed by atoms with Crippen molar-refractivity contribution < 1.29 is 14.3 Å². The van der Waals surface area contributed by atoms with E-state index in [4.69, 9.17) is 9.47 Å². The number of hydrogen-bond acceptors (Lipinski definition) is 3. The molecule has 0 bridgehead atoms. The fourth-order valence-corrected chi connectivity index (χ4v) is 2.54. The van der Waals surface area contributed by atoms with Gasteiger partial charge in [-0.25, -0.2) is 0 Å². The van der Waals surface area contributed by atoms with E-state index in [-0.39, 0.29) is 23.6 Å². The van der Waals surface area contributed by atoms with Crippen molar-refractivity contribution in [2.24, 2.45) is 5.41 Å². The lowest BCUT2D eigenvalue weighted by atomic mass is 9.73. The summed E-state index contributed by atoms with van der Waals surface area (Å²) < 4.78 is 11.1. The highest BCUT2D eigenvalue weighted by atomic mass is 16.5. The van der Waals surface area contributed by atoms with Crippen LogP contribution in [0.1, 0.15) is 40.0 Å². The molecule has 0 saturated carbocycles. The molecule has 0 unspecified atom stereocenters. The van der Waals surface area contributed by atoms with Crippen LogP contribution in [0.4, 0.5) is 0 Å². The highest BCUT2D eigenvalue weighted by Gasteiger charge is 2.40. The largest absolute Gasteiger partial charge is 0.458 e. The van der Waals surface area contributed by atoms with E-state index in [1.54, 1.807) is 0 Å². The number of ether oxygens (including phenoxy) is 2. The molecule has 0 spiro atoms. The van der Waals surface area contributed by atoms with E-state index in [1.807, 2.05) is 0 Å². The van der Waals surface area contributed by atoms with Crippen LogP contribution in [0.15, 0.2) is 11.6 Å². The normalized spacial score (nSPS) is 32.6. The Hall–Kier alpha value is -0.830. The molecule has 0 aromatic carbocycles. The van der Waals surface area contributed by atoms with Crippen LogP contribution in [0, 0.1) is 5.41 Å². The maximum absolute atomic E-state index is 11.1. The van der Waals surface area contributed by atoms with Crippen LogP contribution in [-0.2, 0) is 14.3 Å². The molecule has 0 aromatic heterocycles. The smallest absolute Gasteiger partial charge is 0.303 e.